The van der Waals surface area contributed by atoms with E-state index < -0.39 is 26.7 Å². The summed E-state index contributed by atoms with van der Waals surface area (Å²) in [7, 11) is -9.00. The van der Waals surface area contributed by atoms with Gasteiger partial charge in [0.25, 0.3) is 5.08 Å². The van der Waals surface area contributed by atoms with E-state index >= 15 is 0 Å². The zero-order valence-electron chi connectivity index (χ0n) is 11.6. The van der Waals surface area contributed by atoms with E-state index in [9.17, 15) is 14.2 Å². The van der Waals surface area contributed by atoms with Crippen molar-refractivity contribution in [1.82, 2.24) is 4.90 Å². The van der Waals surface area contributed by atoms with Crippen molar-refractivity contribution in [2.45, 2.75) is 37.7 Å². The summed E-state index contributed by atoms with van der Waals surface area (Å²) in [4.78, 5) is 37.5. The molecule has 0 aliphatic rings. The summed E-state index contributed by atoms with van der Waals surface area (Å²) in [6, 6.07) is 0. The van der Waals surface area contributed by atoms with E-state index in [0.717, 1.165) is 19.3 Å². The van der Waals surface area contributed by atoms with E-state index in [1.165, 1.54) is 0 Å². The van der Waals surface area contributed by atoms with Crippen LogP contribution in [0.2, 0.25) is 0 Å². The predicted molar refractivity (Wildman–Crippen MR) is 90.0 cm³/mol. The summed E-state index contributed by atoms with van der Waals surface area (Å²) >= 11 is 0. The fourth-order valence-electron chi connectivity index (χ4n) is 1.55. The van der Waals surface area contributed by atoms with Gasteiger partial charge in [0.2, 0.25) is 0 Å². The molecule has 0 rings (SSSR count). The second-order valence-corrected chi connectivity index (χ2v) is 8.63. The van der Waals surface area contributed by atoms with E-state index in [2.05, 4.69) is 0 Å². The monoisotopic (exact) mass is 451 g/mol. The fraction of sp³-hybridized carbons (Fsp3) is 1.00. The third-order valence-corrected chi connectivity index (χ3v) is 6.78. The molecule has 0 aromatic heterocycles. The second-order valence-electron chi connectivity index (χ2n) is 4.62. The number of hydrogen-bond acceptors (Lipinski definition) is 4. The number of hydrogen-bond donors (Lipinski definition) is 5. The number of nitrogens with zero attached hydrogens (tertiary/aromatic N) is 1. The van der Waals surface area contributed by atoms with Gasteiger partial charge in [0.1, 0.15) is 0 Å². The molecule has 22 heavy (non-hydrogen) atoms. The van der Waals surface area contributed by atoms with Crippen LogP contribution in [0.1, 0.15) is 32.6 Å². The van der Waals surface area contributed by atoms with Crippen LogP contribution in [0, 0.1) is 0 Å². The van der Waals surface area contributed by atoms with E-state index in [0.29, 0.717) is 6.54 Å². The van der Waals surface area contributed by atoms with Gasteiger partial charge in [-0.05, 0) is 20.0 Å². The maximum absolute atomic E-state index is 11.1. The molecule has 0 saturated carbocycles. The average Bonchev–Trinajstić information content (AvgIpc) is 2.23. The first kappa shape index (κ1) is 32.3. The zero-order chi connectivity index (χ0) is 15.3. The van der Waals surface area contributed by atoms with Crippen LogP contribution >= 0.6 is 15.2 Å². The third-order valence-electron chi connectivity index (χ3n) is 2.91. The third kappa shape index (κ3) is 10.6. The SMILES string of the molecule is CCCCCN(C)CCC(O)(P(=O)(O)O)P(=O)(O)O.O.[NaH].[SrH2]. The molecule has 0 amide bonds. The normalized spacial score (nSPS) is 12.2. The molecule has 9 nitrogen and oxygen atoms in total. The summed E-state index contributed by atoms with van der Waals surface area (Å²) in [5.41, 5.74) is 0. The van der Waals surface area contributed by atoms with Crippen molar-refractivity contribution in [1.29, 1.82) is 0 Å². The molecule has 0 radical (unpaired) electrons. The Labute approximate surface area is 190 Å². The summed E-state index contributed by atoms with van der Waals surface area (Å²) in [5.74, 6) is 0. The first-order valence-electron chi connectivity index (χ1n) is 5.98. The molecule has 0 saturated heterocycles. The average molecular weight is 451 g/mol. The predicted octanol–water partition coefficient (Wildman–Crippen LogP) is -1.89. The minimum atomic E-state index is -5.33. The molecular weight excluding hydrogens is 423 g/mol. The van der Waals surface area contributed by atoms with E-state index in [1.54, 1.807) is 11.9 Å². The molecule has 130 valence electrons. The molecule has 0 aromatic carbocycles. The van der Waals surface area contributed by atoms with Crippen LogP contribution in [-0.2, 0) is 9.13 Å². The van der Waals surface area contributed by atoms with Gasteiger partial charge in [0, 0.05) is 13.0 Å². The minimum absolute atomic E-state index is 0. The number of aliphatic hydroxyl groups is 1. The standard InChI is InChI=1S/C9H23NO7P2.Na.H2O.Sr.3H/c1-3-4-5-7-10(2)8-6-9(11,18(12,13)14)19(15,16)17;;;;;;/h11H,3-8H2,1-2H3,(H2,12,13,14)(H2,15,16,17);;1H2;;;;. The van der Waals surface area contributed by atoms with Crippen LogP contribution < -0.4 is 0 Å². The molecule has 0 heterocycles. The van der Waals surface area contributed by atoms with Crippen LogP contribution in [-0.4, -0.2) is 135 Å². The molecule has 0 bridgehead atoms. The van der Waals surface area contributed by atoms with Crippen LogP contribution in [0.15, 0.2) is 0 Å². The Morgan fingerprint density at radius 3 is 1.73 bits per heavy atom. The van der Waals surface area contributed by atoms with Crippen molar-refractivity contribution in [3.8, 4) is 0 Å². The van der Waals surface area contributed by atoms with Gasteiger partial charge < -0.3 is 35.1 Å². The van der Waals surface area contributed by atoms with Crippen molar-refractivity contribution >= 4 is 90.2 Å². The molecule has 0 fully saturated rings. The Morgan fingerprint density at radius 1 is 1.00 bits per heavy atom. The van der Waals surface area contributed by atoms with Crippen molar-refractivity contribution in [3.63, 3.8) is 0 Å². The molecule has 7 N–H and O–H groups in total. The Bertz CT molecular complexity index is 355. The van der Waals surface area contributed by atoms with Gasteiger partial charge in [0.05, 0.1) is 0 Å². The van der Waals surface area contributed by atoms with Crippen LogP contribution in [0.5, 0.6) is 0 Å². The van der Waals surface area contributed by atoms with Gasteiger partial charge in [-0.15, -0.1) is 0 Å². The van der Waals surface area contributed by atoms with Crippen molar-refractivity contribution < 1.29 is 39.3 Å². The molecular formula is C9H28NNaO8P2Sr. The zero-order valence-corrected chi connectivity index (χ0v) is 13.4. The van der Waals surface area contributed by atoms with E-state index in [-0.39, 0.29) is 87.1 Å². The van der Waals surface area contributed by atoms with Crippen LogP contribution in [0.4, 0.5) is 0 Å². The van der Waals surface area contributed by atoms with Crippen LogP contribution in [0.25, 0.3) is 0 Å². The first-order valence-corrected chi connectivity index (χ1v) is 9.20. The molecule has 13 heteroatoms. The topological polar surface area (TPSA) is 170 Å². The number of rotatable bonds is 9. The van der Waals surface area contributed by atoms with Gasteiger partial charge in [0.15, 0.2) is 0 Å². The van der Waals surface area contributed by atoms with Gasteiger partial charge in [-0.2, -0.15) is 0 Å². The Balaban J connectivity index is -0.000000540. The van der Waals surface area contributed by atoms with Crippen molar-refractivity contribution in [2.24, 2.45) is 0 Å². The summed E-state index contributed by atoms with van der Waals surface area (Å²) in [5, 5.41) is 6.35. The fourth-order valence-corrected chi connectivity index (χ4v) is 3.69. The van der Waals surface area contributed by atoms with E-state index in [1.807, 2.05) is 6.92 Å². The quantitative estimate of drug-likeness (QED) is 0.154. The van der Waals surface area contributed by atoms with Crippen molar-refractivity contribution in [2.75, 3.05) is 20.1 Å². The summed E-state index contributed by atoms with van der Waals surface area (Å²) < 4.78 is 22.2. The van der Waals surface area contributed by atoms with Gasteiger partial charge >= 0.3 is 90.2 Å². The molecule has 0 aliphatic carbocycles. The maximum atomic E-state index is 11.1. The Morgan fingerprint density at radius 2 is 1.41 bits per heavy atom. The van der Waals surface area contributed by atoms with Gasteiger partial charge in [-0.3, -0.25) is 9.13 Å². The molecule has 0 aliphatic heterocycles. The summed E-state index contributed by atoms with van der Waals surface area (Å²) in [6.07, 6.45) is 2.19. The Kier molecular flexibility index (Phi) is 20.3. The second kappa shape index (κ2) is 13.8. The van der Waals surface area contributed by atoms with Gasteiger partial charge in [-0.1, -0.05) is 19.8 Å². The molecule has 0 unspecified atom stereocenters. The van der Waals surface area contributed by atoms with Crippen LogP contribution in [0.3, 0.4) is 0 Å². The Hall–Kier alpha value is 2.66. The van der Waals surface area contributed by atoms with E-state index in [4.69, 9.17) is 19.6 Å². The molecule has 0 spiro atoms. The molecule has 0 aromatic rings. The van der Waals surface area contributed by atoms with Gasteiger partial charge in [-0.25, -0.2) is 0 Å². The first-order chi connectivity index (χ1) is 8.45. The number of unbranched alkanes of at least 4 members (excludes halogenated alkanes) is 2. The van der Waals surface area contributed by atoms with Crippen molar-refractivity contribution in [3.05, 3.63) is 0 Å². The molecule has 0 atom stereocenters. The summed E-state index contributed by atoms with van der Waals surface area (Å²) in [6.45, 7) is 2.64.